The van der Waals surface area contributed by atoms with Crippen LogP contribution in [0.1, 0.15) is 31.7 Å². The van der Waals surface area contributed by atoms with Crippen LogP contribution in [0.5, 0.6) is 0 Å². The highest BCUT2D eigenvalue weighted by molar-refractivity contribution is 7.89. The smallest absolute Gasteiger partial charge is 0.244 e. The first-order valence-electron chi connectivity index (χ1n) is 8.96. The zero-order valence-electron chi connectivity index (χ0n) is 15.0. The van der Waals surface area contributed by atoms with Crippen molar-refractivity contribution in [3.05, 3.63) is 29.8 Å². The van der Waals surface area contributed by atoms with Crippen LogP contribution in [0.3, 0.4) is 0 Å². The summed E-state index contributed by atoms with van der Waals surface area (Å²) in [5, 5.41) is 0. The fraction of sp³-hybridized carbons (Fsp3) is 0.611. The highest BCUT2D eigenvalue weighted by atomic mass is 32.2. The molecule has 25 heavy (non-hydrogen) atoms. The first-order valence-corrected chi connectivity index (χ1v) is 10.4. The molecule has 0 aromatic heterocycles. The van der Waals surface area contributed by atoms with E-state index in [2.05, 4.69) is 4.90 Å². The van der Waals surface area contributed by atoms with E-state index in [0.29, 0.717) is 13.1 Å². The van der Waals surface area contributed by atoms with Gasteiger partial charge in [-0.3, -0.25) is 9.69 Å². The van der Waals surface area contributed by atoms with Gasteiger partial charge in [0, 0.05) is 12.6 Å². The third-order valence-corrected chi connectivity index (χ3v) is 6.91. The van der Waals surface area contributed by atoms with E-state index in [4.69, 9.17) is 0 Å². The summed E-state index contributed by atoms with van der Waals surface area (Å²) in [6.07, 6.45) is 3.50. The van der Waals surface area contributed by atoms with Crippen molar-refractivity contribution in [2.24, 2.45) is 0 Å². The van der Waals surface area contributed by atoms with Crippen LogP contribution in [-0.2, 0) is 14.8 Å². The number of carbonyl (C=O) groups is 1. The zero-order valence-corrected chi connectivity index (χ0v) is 15.8. The second-order valence-electron chi connectivity index (χ2n) is 7.14. The molecule has 7 heteroatoms. The molecule has 2 aliphatic rings. The standard InChI is InChI=1S/C18H27N3O3S/c1-15-6-8-17(9-7-15)25(23,24)20-12-16(2)21(14-20)18(22)13-19-10-4-3-5-11-19/h6-9,16H,3-5,10-14H2,1-2H3/t16-/m0/s1. The van der Waals surface area contributed by atoms with Gasteiger partial charge in [-0.1, -0.05) is 24.1 Å². The minimum absolute atomic E-state index is 0.0241. The number of aryl methyl sites for hydroxylation is 1. The largest absolute Gasteiger partial charge is 0.324 e. The molecule has 0 bridgehead atoms. The number of carbonyl (C=O) groups excluding carboxylic acids is 1. The molecular formula is C18H27N3O3S. The van der Waals surface area contributed by atoms with Crippen molar-refractivity contribution in [1.29, 1.82) is 0 Å². The molecule has 2 heterocycles. The van der Waals surface area contributed by atoms with Gasteiger partial charge in [0.1, 0.15) is 0 Å². The molecular weight excluding hydrogens is 338 g/mol. The molecule has 1 amide bonds. The number of rotatable bonds is 4. The van der Waals surface area contributed by atoms with Gasteiger partial charge in [-0.15, -0.1) is 0 Å². The topological polar surface area (TPSA) is 60.9 Å². The van der Waals surface area contributed by atoms with Gasteiger partial charge < -0.3 is 4.90 Å². The Morgan fingerprint density at radius 3 is 2.40 bits per heavy atom. The predicted octanol–water partition coefficient (Wildman–Crippen LogP) is 1.66. The highest BCUT2D eigenvalue weighted by Gasteiger charge is 2.38. The molecule has 1 aromatic carbocycles. The van der Waals surface area contributed by atoms with Gasteiger partial charge in [0.2, 0.25) is 15.9 Å². The van der Waals surface area contributed by atoms with Crippen LogP contribution < -0.4 is 0 Å². The van der Waals surface area contributed by atoms with E-state index in [1.54, 1.807) is 29.2 Å². The van der Waals surface area contributed by atoms with E-state index in [0.717, 1.165) is 31.5 Å². The number of hydrogen-bond donors (Lipinski definition) is 0. The van der Waals surface area contributed by atoms with Gasteiger partial charge in [0.05, 0.1) is 18.1 Å². The van der Waals surface area contributed by atoms with Gasteiger partial charge in [-0.05, 0) is 51.9 Å². The fourth-order valence-electron chi connectivity index (χ4n) is 3.52. The van der Waals surface area contributed by atoms with Crippen LogP contribution in [0.25, 0.3) is 0 Å². The Balaban J connectivity index is 1.67. The maximum absolute atomic E-state index is 12.8. The number of likely N-dealkylation sites (tertiary alicyclic amines) is 1. The summed E-state index contributed by atoms with van der Waals surface area (Å²) in [7, 11) is -3.56. The first kappa shape index (κ1) is 18.4. The SMILES string of the molecule is Cc1ccc(S(=O)(=O)N2C[C@H](C)N(C(=O)CN3CCCCC3)C2)cc1. The molecule has 138 valence electrons. The molecule has 0 unspecified atom stereocenters. The molecule has 0 saturated carbocycles. The van der Waals surface area contributed by atoms with Gasteiger partial charge in [-0.2, -0.15) is 4.31 Å². The van der Waals surface area contributed by atoms with Crippen molar-refractivity contribution in [3.8, 4) is 0 Å². The molecule has 2 saturated heterocycles. The van der Waals surface area contributed by atoms with Crippen LogP contribution in [-0.4, -0.2) is 67.3 Å². The highest BCUT2D eigenvalue weighted by Crippen LogP contribution is 2.23. The molecule has 2 aliphatic heterocycles. The minimum atomic E-state index is -3.56. The third kappa shape index (κ3) is 4.04. The lowest BCUT2D eigenvalue weighted by molar-refractivity contribution is -0.133. The lowest BCUT2D eigenvalue weighted by atomic mass is 10.1. The van der Waals surface area contributed by atoms with Gasteiger partial charge in [-0.25, -0.2) is 8.42 Å². The van der Waals surface area contributed by atoms with E-state index >= 15 is 0 Å². The summed E-state index contributed by atoms with van der Waals surface area (Å²) >= 11 is 0. The quantitative estimate of drug-likeness (QED) is 0.814. The maximum Gasteiger partial charge on any atom is 0.244 e. The molecule has 0 radical (unpaired) electrons. The molecule has 6 nitrogen and oxygen atoms in total. The number of sulfonamides is 1. The normalized spacial score (nSPS) is 23.1. The van der Waals surface area contributed by atoms with Crippen LogP contribution in [0.2, 0.25) is 0 Å². The number of piperidine rings is 1. The van der Waals surface area contributed by atoms with Crippen LogP contribution in [0.4, 0.5) is 0 Å². The number of benzene rings is 1. The number of hydrogen-bond acceptors (Lipinski definition) is 4. The maximum atomic E-state index is 12.8. The molecule has 0 N–H and O–H groups in total. The molecule has 0 aliphatic carbocycles. The summed E-state index contributed by atoms with van der Waals surface area (Å²) < 4.78 is 27.1. The lowest BCUT2D eigenvalue weighted by Gasteiger charge is -2.29. The van der Waals surface area contributed by atoms with Crippen molar-refractivity contribution >= 4 is 15.9 Å². The summed E-state index contributed by atoms with van der Waals surface area (Å²) in [6, 6.07) is 6.76. The van der Waals surface area contributed by atoms with E-state index in [9.17, 15) is 13.2 Å². The molecule has 1 aromatic rings. The van der Waals surface area contributed by atoms with Crippen LogP contribution in [0, 0.1) is 6.92 Å². The molecule has 3 rings (SSSR count). The summed E-state index contributed by atoms with van der Waals surface area (Å²) in [6.45, 7) is 6.64. The van der Waals surface area contributed by atoms with Crippen molar-refractivity contribution in [1.82, 2.24) is 14.1 Å². The Bertz CT molecular complexity index is 712. The molecule has 0 spiro atoms. The second kappa shape index (κ2) is 7.43. The van der Waals surface area contributed by atoms with E-state index in [1.165, 1.54) is 10.7 Å². The lowest BCUT2D eigenvalue weighted by Crippen LogP contribution is -2.44. The Labute approximate surface area is 150 Å². The summed E-state index contributed by atoms with van der Waals surface area (Å²) in [4.78, 5) is 16.8. The Kier molecular flexibility index (Phi) is 5.46. The summed E-state index contributed by atoms with van der Waals surface area (Å²) in [5.41, 5.74) is 1.02. The van der Waals surface area contributed by atoms with Gasteiger partial charge in [0.15, 0.2) is 0 Å². The first-order chi connectivity index (χ1) is 11.9. The van der Waals surface area contributed by atoms with Crippen LogP contribution in [0.15, 0.2) is 29.2 Å². The predicted molar refractivity (Wildman–Crippen MR) is 96.5 cm³/mol. The minimum Gasteiger partial charge on any atom is -0.324 e. The van der Waals surface area contributed by atoms with Crippen LogP contribution >= 0.6 is 0 Å². The summed E-state index contributed by atoms with van der Waals surface area (Å²) in [5.74, 6) is 0.0241. The van der Waals surface area contributed by atoms with E-state index < -0.39 is 10.0 Å². The van der Waals surface area contributed by atoms with Gasteiger partial charge >= 0.3 is 0 Å². The third-order valence-electron chi connectivity index (χ3n) is 5.10. The number of nitrogens with zero attached hydrogens (tertiary/aromatic N) is 3. The zero-order chi connectivity index (χ0) is 18.0. The van der Waals surface area contributed by atoms with Crippen molar-refractivity contribution in [3.63, 3.8) is 0 Å². The second-order valence-corrected chi connectivity index (χ2v) is 9.08. The fourth-order valence-corrected chi connectivity index (χ4v) is 4.98. The average Bonchev–Trinajstić information content (AvgIpc) is 2.99. The van der Waals surface area contributed by atoms with Gasteiger partial charge in [0.25, 0.3) is 0 Å². The van der Waals surface area contributed by atoms with E-state index in [1.807, 2.05) is 13.8 Å². The van der Waals surface area contributed by atoms with Crippen molar-refractivity contribution in [2.45, 2.75) is 44.0 Å². The Morgan fingerprint density at radius 1 is 1.12 bits per heavy atom. The van der Waals surface area contributed by atoms with Crippen molar-refractivity contribution < 1.29 is 13.2 Å². The molecule has 2 fully saturated rings. The Morgan fingerprint density at radius 2 is 1.76 bits per heavy atom. The molecule has 1 atom stereocenters. The van der Waals surface area contributed by atoms with Crippen molar-refractivity contribution in [2.75, 3.05) is 32.8 Å². The monoisotopic (exact) mass is 365 g/mol. The van der Waals surface area contributed by atoms with E-state index in [-0.39, 0.29) is 23.5 Å². The number of amides is 1. The average molecular weight is 365 g/mol. The Hall–Kier alpha value is -1.44.